The summed E-state index contributed by atoms with van der Waals surface area (Å²) in [6, 6.07) is 4.39. The molecule has 0 aliphatic rings. The number of nitrogens with zero attached hydrogens (tertiary/aromatic N) is 1. The average Bonchev–Trinajstić information content (AvgIpc) is 2.35. The van der Waals surface area contributed by atoms with Gasteiger partial charge in [0.05, 0.1) is 19.8 Å². The number of carbonyl (C=O) groups is 1. The number of nitrogens with one attached hydrogen (secondary N) is 1. The van der Waals surface area contributed by atoms with Crippen LogP contribution in [0.4, 0.5) is 0 Å². The first-order chi connectivity index (χ1) is 8.15. The van der Waals surface area contributed by atoms with Crippen molar-refractivity contribution in [3.8, 4) is 5.75 Å². The Morgan fingerprint density at radius 3 is 2.71 bits per heavy atom. The lowest BCUT2D eigenvalue weighted by Gasteiger charge is -2.06. The van der Waals surface area contributed by atoms with Crippen LogP contribution < -0.4 is 10.3 Å². The molecule has 1 aromatic heterocycles. The van der Waals surface area contributed by atoms with Gasteiger partial charge in [-0.15, -0.1) is 0 Å². The lowest BCUT2D eigenvalue weighted by molar-refractivity contribution is 0.0600. The highest BCUT2D eigenvalue weighted by atomic mass is 16.5. The largest absolute Gasteiger partial charge is 0.494 e. The summed E-state index contributed by atoms with van der Waals surface area (Å²) in [6.07, 6.45) is 0. The van der Waals surface area contributed by atoms with E-state index >= 15 is 0 Å². The zero-order chi connectivity index (χ0) is 12.4. The van der Waals surface area contributed by atoms with Gasteiger partial charge in [0.1, 0.15) is 11.3 Å². The molecule has 0 aliphatic carbocycles. The third-order valence-electron chi connectivity index (χ3n) is 2.31. The predicted molar refractivity (Wildman–Crippen MR) is 60.3 cm³/mol. The number of hydrogen-bond donors (Lipinski definition) is 1. The molecular weight excluding hydrogens is 224 g/mol. The van der Waals surface area contributed by atoms with Gasteiger partial charge in [-0.25, -0.2) is 9.89 Å². The minimum Gasteiger partial charge on any atom is -0.494 e. The second kappa shape index (κ2) is 4.25. The summed E-state index contributed by atoms with van der Waals surface area (Å²) in [6.45, 7) is 0. The van der Waals surface area contributed by atoms with Gasteiger partial charge in [-0.2, -0.15) is 5.10 Å². The van der Waals surface area contributed by atoms with E-state index in [1.807, 2.05) is 0 Å². The van der Waals surface area contributed by atoms with Crippen molar-refractivity contribution in [2.24, 2.45) is 0 Å². The minimum absolute atomic E-state index is 0.309. The number of methoxy groups -OCH3 is 2. The number of carbonyl (C=O) groups excluding carboxylic acids is 1. The molecule has 0 radical (unpaired) electrons. The number of esters is 1. The molecule has 0 fully saturated rings. The standard InChI is InChI=1S/C11H10N2O4/c1-16-8-4-7(11(15)17-2)3-6-5-9(14)12-13-10(6)8/h3-5H,1-2H3,(H,12,14). The second-order valence-electron chi connectivity index (χ2n) is 3.34. The van der Waals surface area contributed by atoms with E-state index < -0.39 is 5.97 Å². The fraction of sp³-hybridized carbons (Fsp3) is 0.182. The van der Waals surface area contributed by atoms with Crippen LogP contribution in [0.15, 0.2) is 23.0 Å². The lowest BCUT2D eigenvalue weighted by Crippen LogP contribution is -2.08. The Morgan fingerprint density at radius 2 is 2.06 bits per heavy atom. The summed E-state index contributed by atoms with van der Waals surface area (Å²) < 4.78 is 9.72. The van der Waals surface area contributed by atoms with E-state index in [-0.39, 0.29) is 5.56 Å². The van der Waals surface area contributed by atoms with E-state index in [0.29, 0.717) is 22.2 Å². The molecule has 0 spiro atoms. The summed E-state index contributed by atoms with van der Waals surface area (Å²) in [7, 11) is 2.75. The fourth-order valence-electron chi connectivity index (χ4n) is 1.53. The number of hydrogen-bond acceptors (Lipinski definition) is 5. The van der Waals surface area contributed by atoms with Crippen molar-refractivity contribution in [2.45, 2.75) is 0 Å². The minimum atomic E-state index is -0.495. The number of H-pyrrole nitrogens is 1. The van der Waals surface area contributed by atoms with Crippen LogP contribution >= 0.6 is 0 Å². The van der Waals surface area contributed by atoms with Gasteiger partial charge in [-0.3, -0.25) is 4.79 Å². The van der Waals surface area contributed by atoms with E-state index in [1.54, 1.807) is 0 Å². The van der Waals surface area contributed by atoms with Gasteiger partial charge in [0.15, 0.2) is 0 Å². The van der Waals surface area contributed by atoms with Crippen LogP contribution in [0.2, 0.25) is 0 Å². The first-order valence-corrected chi connectivity index (χ1v) is 4.81. The van der Waals surface area contributed by atoms with E-state index in [4.69, 9.17) is 4.74 Å². The topological polar surface area (TPSA) is 81.3 Å². The SMILES string of the molecule is COC(=O)c1cc(OC)c2n[nH]c(=O)cc2c1. The number of aromatic amines is 1. The third-order valence-corrected chi connectivity index (χ3v) is 2.31. The maximum Gasteiger partial charge on any atom is 0.338 e. The molecule has 1 aromatic carbocycles. The highest BCUT2D eigenvalue weighted by Gasteiger charge is 2.12. The smallest absolute Gasteiger partial charge is 0.338 e. The zero-order valence-electron chi connectivity index (χ0n) is 9.31. The molecule has 1 N–H and O–H groups in total. The van der Waals surface area contributed by atoms with Crippen molar-refractivity contribution >= 4 is 16.9 Å². The molecule has 0 saturated heterocycles. The van der Waals surface area contributed by atoms with Gasteiger partial charge in [0.2, 0.25) is 0 Å². The van der Waals surface area contributed by atoms with E-state index in [0.717, 1.165) is 0 Å². The van der Waals surface area contributed by atoms with Gasteiger partial charge in [-0.05, 0) is 12.1 Å². The molecule has 0 amide bonds. The first-order valence-electron chi connectivity index (χ1n) is 4.81. The monoisotopic (exact) mass is 234 g/mol. The van der Waals surface area contributed by atoms with Gasteiger partial charge in [0.25, 0.3) is 5.56 Å². The van der Waals surface area contributed by atoms with E-state index in [9.17, 15) is 9.59 Å². The summed E-state index contributed by atoms with van der Waals surface area (Å²) >= 11 is 0. The van der Waals surface area contributed by atoms with Crippen molar-refractivity contribution in [3.63, 3.8) is 0 Å². The maximum atomic E-state index is 11.4. The molecule has 0 unspecified atom stereocenters. The Bertz CT molecular complexity index is 633. The van der Waals surface area contributed by atoms with Gasteiger partial charge in [0, 0.05) is 11.5 Å². The Balaban J connectivity index is 2.75. The molecule has 1 heterocycles. The average molecular weight is 234 g/mol. The quantitative estimate of drug-likeness (QED) is 0.774. The van der Waals surface area contributed by atoms with Crippen LogP contribution in [-0.2, 0) is 4.74 Å². The summed E-state index contributed by atoms with van der Waals surface area (Å²) in [5.74, 6) is -0.0929. The second-order valence-corrected chi connectivity index (χ2v) is 3.34. The first kappa shape index (κ1) is 11.1. The molecule has 6 heteroatoms. The van der Waals surface area contributed by atoms with Gasteiger partial charge in [-0.1, -0.05) is 0 Å². The molecule has 2 aromatic rings. The molecule has 17 heavy (non-hydrogen) atoms. The Labute approximate surface area is 96.2 Å². The zero-order valence-corrected chi connectivity index (χ0v) is 9.31. The number of rotatable bonds is 2. The van der Waals surface area contributed by atoms with Gasteiger partial charge < -0.3 is 9.47 Å². The Hall–Kier alpha value is -2.37. The summed E-state index contributed by atoms with van der Waals surface area (Å²) in [5.41, 5.74) is 0.450. The van der Waals surface area contributed by atoms with E-state index in [1.165, 1.54) is 32.4 Å². The van der Waals surface area contributed by atoms with Crippen molar-refractivity contribution in [2.75, 3.05) is 14.2 Å². The van der Waals surface area contributed by atoms with Crippen LogP contribution in [0.5, 0.6) is 5.75 Å². The molecule has 0 atom stereocenters. The number of aromatic nitrogens is 2. The molecular formula is C11H10N2O4. The number of ether oxygens (including phenoxy) is 2. The van der Waals surface area contributed by atoms with Gasteiger partial charge >= 0.3 is 5.97 Å². The highest BCUT2D eigenvalue weighted by Crippen LogP contribution is 2.24. The fourth-order valence-corrected chi connectivity index (χ4v) is 1.53. The summed E-state index contributed by atoms with van der Waals surface area (Å²) in [4.78, 5) is 22.6. The van der Waals surface area contributed by atoms with Crippen molar-refractivity contribution in [1.29, 1.82) is 0 Å². The van der Waals surface area contributed by atoms with Crippen molar-refractivity contribution in [1.82, 2.24) is 10.2 Å². The van der Waals surface area contributed by atoms with Crippen LogP contribution in [0, 0.1) is 0 Å². The molecule has 0 bridgehead atoms. The Morgan fingerprint density at radius 1 is 1.29 bits per heavy atom. The molecule has 2 rings (SSSR count). The summed E-state index contributed by atoms with van der Waals surface area (Å²) in [5, 5.41) is 6.69. The highest BCUT2D eigenvalue weighted by molar-refractivity contribution is 5.96. The van der Waals surface area contributed by atoms with Crippen molar-refractivity contribution in [3.05, 3.63) is 34.1 Å². The number of fused-ring (bicyclic) bond motifs is 1. The lowest BCUT2D eigenvalue weighted by atomic mass is 10.1. The van der Waals surface area contributed by atoms with Crippen LogP contribution in [0.1, 0.15) is 10.4 Å². The normalized spacial score (nSPS) is 10.2. The molecule has 0 saturated carbocycles. The van der Waals surface area contributed by atoms with Crippen molar-refractivity contribution < 1.29 is 14.3 Å². The van der Waals surface area contributed by atoms with E-state index in [2.05, 4.69) is 14.9 Å². The Kier molecular flexibility index (Phi) is 2.78. The molecule has 6 nitrogen and oxygen atoms in total. The molecule has 0 aliphatic heterocycles. The van der Waals surface area contributed by atoms with Crippen LogP contribution in [-0.4, -0.2) is 30.4 Å². The van der Waals surface area contributed by atoms with Crippen LogP contribution in [0.25, 0.3) is 10.9 Å². The molecule has 88 valence electrons. The number of benzene rings is 1. The maximum absolute atomic E-state index is 11.4. The van der Waals surface area contributed by atoms with Crippen LogP contribution in [0.3, 0.4) is 0 Å². The predicted octanol–water partition coefficient (Wildman–Crippen LogP) is 0.718. The third kappa shape index (κ3) is 1.96.